The van der Waals surface area contributed by atoms with Crippen LogP contribution >= 0.6 is 23.4 Å². The Kier molecular flexibility index (Phi) is 6.93. The molecule has 0 aromatic heterocycles. The number of amides is 1. The van der Waals surface area contributed by atoms with E-state index in [1.54, 1.807) is 37.1 Å². The first-order valence-electron chi connectivity index (χ1n) is 5.55. The molecule has 1 amide bonds. The van der Waals surface area contributed by atoms with Gasteiger partial charge in [-0.05, 0) is 30.4 Å². The van der Waals surface area contributed by atoms with E-state index in [1.165, 1.54) is 0 Å². The zero-order chi connectivity index (χ0) is 13.4. The minimum atomic E-state index is -0.0788. The van der Waals surface area contributed by atoms with E-state index in [9.17, 15) is 4.79 Å². The molecule has 18 heavy (non-hydrogen) atoms. The van der Waals surface area contributed by atoms with Gasteiger partial charge in [0.25, 0.3) is 0 Å². The van der Waals surface area contributed by atoms with Gasteiger partial charge in [-0.15, -0.1) is 0 Å². The van der Waals surface area contributed by atoms with Gasteiger partial charge in [-0.1, -0.05) is 11.6 Å². The highest BCUT2D eigenvalue weighted by atomic mass is 35.5. The van der Waals surface area contributed by atoms with Gasteiger partial charge in [-0.3, -0.25) is 4.79 Å². The van der Waals surface area contributed by atoms with Crippen LogP contribution < -0.4 is 11.1 Å². The molecule has 0 saturated carbocycles. The van der Waals surface area contributed by atoms with E-state index in [0.717, 1.165) is 18.8 Å². The van der Waals surface area contributed by atoms with E-state index >= 15 is 0 Å². The van der Waals surface area contributed by atoms with Crippen molar-refractivity contribution >= 4 is 40.6 Å². The number of nitrogens with one attached hydrogen (secondary N) is 1. The average Bonchev–Trinajstić information content (AvgIpc) is 2.33. The summed E-state index contributed by atoms with van der Waals surface area (Å²) in [6.07, 6.45) is 0.938. The van der Waals surface area contributed by atoms with Gasteiger partial charge in [0.1, 0.15) is 0 Å². The van der Waals surface area contributed by atoms with Crippen molar-refractivity contribution < 1.29 is 9.53 Å². The van der Waals surface area contributed by atoms with Crippen LogP contribution in [-0.4, -0.2) is 31.1 Å². The summed E-state index contributed by atoms with van der Waals surface area (Å²) in [6, 6.07) is 5.01. The summed E-state index contributed by atoms with van der Waals surface area (Å²) in [4.78, 5) is 11.6. The molecular formula is C12H17ClN2O2S. The molecule has 0 aliphatic carbocycles. The molecule has 1 aromatic rings. The van der Waals surface area contributed by atoms with Crippen LogP contribution in [0.1, 0.15) is 6.42 Å². The summed E-state index contributed by atoms with van der Waals surface area (Å²) >= 11 is 7.51. The van der Waals surface area contributed by atoms with Gasteiger partial charge >= 0.3 is 0 Å². The van der Waals surface area contributed by atoms with Gasteiger partial charge in [0.2, 0.25) is 5.91 Å². The average molecular weight is 289 g/mol. The molecule has 0 unspecified atom stereocenters. The van der Waals surface area contributed by atoms with Crippen LogP contribution in [0.5, 0.6) is 0 Å². The maximum atomic E-state index is 11.6. The number of thioether (sulfide) groups is 1. The molecule has 0 spiro atoms. The third-order valence-electron chi connectivity index (χ3n) is 2.13. The number of carbonyl (C=O) groups excluding carboxylic acids is 1. The zero-order valence-electron chi connectivity index (χ0n) is 10.2. The second-order valence-corrected chi connectivity index (χ2v) is 5.20. The highest BCUT2D eigenvalue weighted by Gasteiger charge is 2.06. The van der Waals surface area contributed by atoms with Crippen LogP contribution in [-0.2, 0) is 9.53 Å². The monoisotopic (exact) mass is 288 g/mol. The maximum absolute atomic E-state index is 11.6. The Morgan fingerprint density at radius 1 is 1.56 bits per heavy atom. The Hall–Kier alpha value is -0.910. The lowest BCUT2D eigenvalue weighted by molar-refractivity contribution is -0.113. The van der Waals surface area contributed by atoms with Crippen molar-refractivity contribution in [2.24, 2.45) is 0 Å². The minimum Gasteiger partial charge on any atom is -0.399 e. The van der Waals surface area contributed by atoms with Crippen molar-refractivity contribution in [2.75, 3.05) is 36.3 Å². The molecular weight excluding hydrogens is 272 g/mol. The molecule has 100 valence electrons. The Morgan fingerprint density at radius 2 is 2.33 bits per heavy atom. The first-order chi connectivity index (χ1) is 8.63. The molecule has 3 N–H and O–H groups in total. The lowest BCUT2D eigenvalue weighted by atomic mass is 10.3. The van der Waals surface area contributed by atoms with E-state index in [2.05, 4.69) is 5.32 Å². The third kappa shape index (κ3) is 5.62. The fourth-order valence-corrected chi connectivity index (χ4v) is 2.18. The van der Waals surface area contributed by atoms with E-state index in [-0.39, 0.29) is 5.91 Å². The first kappa shape index (κ1) is 15.1. The molecule has 1 aromatic carbocycles. The molecule has 6 heteroatoms. The molecule has 0 radical (unpaired) electrons. The van der Waals surface area contributed by atoms with Crippen LogP contribution in [0.15, 0.2) is 18.2 Å². The Bertz CT molecular complexity index is 402. The number of benzene rings is 1. The normalized spacial score (nSPS) is 10.3. The van der Waals surface area contributed by atoms with Gasteiger partial charge in [-0.2, -0.15) is 11.8 Å². The topological polar surface area (TPSA) is 64.3 Å². The summed E-state index contributed by atoms with van der Waals surface area (Å²) < 4.78 is 4.93. The SMILES string of the molecule is COCCCSCC(=O)Nc1cc(N)ccc1Cl. The number of hydrogen-bond donors (Lipinski definition) is 2. The standard InChI is InChI=1S/C12H17ClN2O2S/c1-17-5-2-6-18-8-12(16)15-11-7-9(14)3-4-10(11)13/h3-4,7H,2,5-6,8,14H2,1H3,(H,15,16). The van der Waals surface area contributed by atoms with Crippen LogP contribution in [0, 0.1) is 0 Å². The number of ether oxygens (including phenoxy) is 1. The van der Waals surface area contributed by atoms with Crippen molar-refractivity contribution in [1.29, 1.82) is 0 Å². The second-order valence-electron chi connectivity index (χ2n) is 3.69. The van der Waals surface area contributed by atoms with Crippen LogP contribution in [0.2, 0.25) is 5.02 Å². The predicted molar refractivity (Wildman–Crippen MR) is 78.3 cm³/mol. The molecule has 0 fully saturated rings. The number of carbonyl (C=O) groups is 1. The summed E-state index contributed by atoms with van der Waals surface area (Å²) in [7, 11) is 1.67. The largest absolute Gasteiger partial charge is 0.399 e. The highest BCUT2D eigenvalue weighted by molar-refractivity contribution is 7.99. The summed E-state index contributed by atoms with van der Waals surface area (Å²) in [5.74, 6) is 1.21. The predicted octanol–water partition coefficient (Wildman–Crippen LogP) is 2.63. The molecule has 0 saturated heterocycles. The number of nitrogen functional groups attached to an aromatic ring is 1. The van der Waals surface area contributed by atoms with E-state index in [4.69, 9.17) is 22.1 Å². The van der Waals surface area contributed by atoms with E-state index in [0.29, 0.717) is 22.2 Å². The molecule has 0 aliphatic rings. The third-order valence-corrected chi connectivity index (χ3v) is 3.51. The second kappa shape index (κ2) is 8.24. The number of hydrogen-bond acceptors (Lipinski definition) is 4. The summed E-state index contributed by atoms with van der Waals surface area (Å²) in [6.45, 7) is 0.718. The minimum absolute atomic E-state index is 0.0788. The molecule has 0 atom stereocenters. The summed E-state index contributed by atoms with van der Waals surface area (Å²) in [5.41, 5.74) is 6.76. The maximum Gasteiger partial charge on any atom is 0.234 e. The fourth-order valence-electron chi connectivity index (χ4n) is 1.30. The molecule has 0 heterocycles. The first-order valence-corrected chi connectivity index (χ1v) is 7.08. The molecule has 0 bridgehead atoms. The van der Waals surface area contributed by atoms with Crippen molar-refractivity contribution in [3.05, 3.63) is 23.2 Å². The van der Waals surface area contributed by atoms with Crippen molar-refractivity contribution in [2.45, 2.75) is 6.42 Å². The number of methoxy groups -OCH3 is 1. The molecule has 4 nitrogen and oxygen atoms in total. The van der Waals surface area contributed by atoms with Gasteiger partial charge in [0, 0.05) is 19.4 Å². The number of anilines is 2. The lowest BCUT2D eigenvalue weighted by Gasteiger charge is -2.07. The van der Waals surface area contributed by atoms with Crippen molar-refractivity contribution in [1.82, 2.24) is 0 Å². The quantitative estimate of drug-likeness (QED) is 0.598. The Morgan fingerprint density at radius 3 is 3.06 bits per heavy atom. The van der Waals surface area contributed by atoms with Crippen molar-refractivity contribution in [3.63, 3.8) is 0 Å². The zero-order valence-corrected chi connectivity index (χ0v) is 11.8. The number of halogens is 1. The van der Waals surface area contributed by atoms with Gasteiger partial charge in [0.15, 0.2) is 0 Å². The van der Waals surface area contributed by atoms with Crippen LogP contribution in [0.3, 0.4) is 0 Å². The van der Waals surface area contributed by atoms with Gasteiger partial charge in [0.05, 0.1) is 16.5 Å². The van der Waals surface area contributed by atoms with E-state index < -0.39 is 0 Å². The van der Waals surface area contributed by atoms with Gasteiger partial charge < -0.3 is 15.8 Å². The Labute approximate surface area is 116 Å². The lowest BCUT2D eigenvalue weighted by Crippen LogP contribution is -2.15. The smallest absolute Gasteiger partial charge is 0.234 e. The van der Waals surface area contributed by atoms with Crippen molar-refractivity contribution in [3.8, 4) is 0 Å². The van der Waals surface area contributed by atoms with Gasteiger partial charge in [-0.25, -0.2) is 0 Å². The number of rotatable bonds is 7. The molecule has 1 rings (SSSR count). The Balaban J connectivity index is 2.33. The van der Waals surface area contributed by atoms with Crippen LogP contribution in [0.4, 0.5) is 11.4 Å². The molecule has 0 aliphatic heterocycles. The summed E-state index contributed by atoms with van der Waals surface area (Å²) in [5, 5.41) is 3.23. The number of nitrogens with two attached hydrogens (primary N) is 1. The highest BCUT2D eigenvalue weighted by Crippen LogP contribution is 2.24. The van der Waals surface area contributed by atoms with Crippen LogP contribution in [0.25, 0.3) is 0 Å². The van der Waals surface area contributed by atoms with E-state index in [1.807, 2.05) is 0 Å². The fraction of sp³-hybridized carbons (Fsp3) is 0.417.